The summed E-state index contributed by atoms with van der Waals surface area (Å²) in [5.74, 6) is 0.992. The lowest BCUT2D eigenvalue weighted by atomic mass is 10.0. The van der Waals surface area contributed by atoms with Gasteiger partial charge in [-0.05, 0) is 41.0 Å². The minimum Gasteiger partial charge on any atom is -0.489 e. The Morgan fingerprint density at radius 3 is 2.70 bits per heavy atom. The van der Waals surface area contributed by atoms with Crippen LogP contribution >= 0.6 is 0 Å². The molecule has 5 rings (SSSR count). The van der Waals surface area contributed by atoms with Gasteiger partial charge in [0.1, 0.15) is 12.4 Å². The molecule has 0 spiro atoms. The largest absolute Gasteiger partial charge is 0.489 e. The van der Waals surface area contributed by atoms with Crippen LogP contribution < -0.4 is 10.1 Å². The summed E-state index contributed by atoms with van der Waals surface area (Å²) < 4.78 is 5.54. The number of hydrogen-bond acceptors (Lipinski definition) is 2. The van der Waals surface area contributed by atoms with Crippen LogP contribution in [0.15, 0.2) is 66.7 Å². The van der Waals surface area contributed by atoms with Crippen molar-refractivity contribution >= 4 is 22.5 Å². The first-order chi connectivity index (χ1) is 11.4. The van der Waals surface area contributed by atoms with E-state index in [4.69, 9.17) is 4.74 Å². The lowest BCUT2D eigenvalue weighted by molar-refractivity contribution is 0.359. The van der Waals surface area contributed by atoms with Gasteiger partial charge < -0.3 is 10.1 Å². The zero-order chi connectivity index (χ0) is 15.5. The summed E-state index contributed by atoms with van der Waals surface area (Å²) in [6.07, 6.45) is 5.38. The van der Waals surface area contributed by atoms with Crippen LogP contribution in [-0.4, -0.2) is 13.2 Å². The Hall–Kier alpha value is -2.74. The molecule has 2 nitrogen and oxygen atoms in total. The first-order valence-corrected chi connectivity index (χ1v) is 8.05. The maximum Gasteiger partial charge on any atom is 0.127 e. The van der Waals surface area contributed by atoms with Crippen LogP contribution in [0.2, 0.25) is 0 Å². The van der Waals surface area contributed by atoms with Crippen molar-refractivity contribution < 1.29 is 4.74 Å². The molecule has 0 saturated carbocycles. The number of ether oxygens (including phenoxy) is 1. The van der Waals surface area contributed by atoms with Crippen molar-refractivity contribution in [1.29, 1.82) is 0 Å². The van der Waals surface area contributed by atoms with Gasteiger partial charge in [-0.15, -0.1) is 0 Å². The van der Waals surface area contributed by atoms with Crippen molar-refractivity contribution in [1.82, 2.24) is 0 Å². The maximum atomic E-state index is 5.54. The van der Waals surface area contributed by atoms with E-state index in [0.29, 0.717) is 6.61 Å². The molecule has 0 bridgehead atoms. The topological polar surface area (TPSA) is 21.3 Å². The second-order valence-corrected chi connectivity index (χ2v) is 5.75. The summed E-state index contributed by atoms with van der Waals surface area (Å²) in [6, 6.07) is 21.0. The Labute approximate surface area is 136 Å². The first kappa shape index (κ1) is 13.9. The Balaban J connectivity index is 0.000000130. The molecule has 0 atom stereocenters. The number of fused-ring (bicyclic) bond motifs is 4. The minimum atomic E-state index is 0.686. The average Bonchev–Trinajstić information content (AvgIpc) is 3.11. The molecule has 2 aliphatic rings. The molecule has 0 fully saturated rings. The molecule has 0 aliphatic carbocycles. The lowest BCUT2D eigenvalue weighted by Crippen LogP contribution is -2.00. The minimum absolute atomic E-state index is 0.686. The first-order valence-electron chi connectivity index (χ1n) is 8.05. The Bertz CT molecular complexity index is 844. The zero-order valence-electron chi connectivity index (χ0n) is 13.0. The molecule has 2 heteroatoms. The fourth-order valence-corrected chi connectivity index (χ4v) is 3.12. The zero-order valence-corrected chi connectivity index (χ0v) is 13.0. The Morgan fingerprint density at radius 2 is 1.74 bits per heavy atom. The van der Waals surface area contributed by atoms with Crippen molar-refractivity contribution in [2.45, 2.75) is 6.42 Å². The predicted molar refractivity (Wildman–Crippen MR) is 97.1 cm³/mol. The van der Waals surface area contributed by atoms with E-state index in [1.807, 2.05) is 6.07 Å². The number of rotatable bonds is 0. The van der Waals surface area contributed by atoms with Crippen LogP contribution in [0.3, 0.4) is 0 Å². The molecular formula is C21H19NO. The molecule has 23 heavy (non-hydrogen) atoms. The third-order valence-electron chi connectivity index (χ3n) is 4.28. The van der Waals surface area contributed by atoms with Crippen molar-refractivity contribution in [3.63, 3.8) is 0 Å². The van der Waals surface area contributed by atoms with Crippen LogP contribution in [0.5, 0.6) is 5.75 Å². The average molecular weight is 301 g/mol. The van der Waals surface area contributed by atoms with E-state index in [1.54, 1.807) is 0 Å². The molecule has 0 unspecified atom stereocenters. The molecule has 2 heterocycles. The van der Waals surface area contributed by atoms with E-state index in [-0.39, 0.29) is 0 Å². The van der Waals surface area contributed by atoms with Crippen LogP contribution in [0.25, 0.3) is 16.8 Å². The van der Waals surface area contributed by atoms with Gasteiger partial charge in [-0.3, -0.25) is 0 Å². The molecule has 3 aromatic rings. The quantitative estimate of drug-likeness (QED) is 0.637. The Kier molecular flexibility index (Phi) is 3.73. The van der Waals surface area contributed by atoms with Crippen molar-refractivity contribution in [2.75, 3.05) is 18.5 Å². The maximum absolute atomic E-state index is 5.54. The highest BCUT2D eigenvalue weighted by Crippen LogP contribution is 2.31. The summed E-state index contributed by atoms with van der Waals surface area (Å²) in [5, 5.41) is 5.83. The van der Waals surface area contributed by atoms with E-state index >= 15 is 0 Å². The van der Waals surface area contributed by atoms with Gasteiger partial charge in [-0.25, -0.2) is 0 Å². The summed E-state index contributed by atoms with van der Waals surface area (Å²) in [6.45, 7) is 1.80. The molecule has 3 aromatic carbocycles. The Morgan fingerprint density at radius 1 is 0.870 bits per heavy atom. The molecule has 0 aromatic heterocycles. The van der Waals surface area contributed by atoms with Gasteiger partial charge in [-0.1, -0.05) is 54.6 Å². The standard InChI is InChI=1S/C13H10O.C8H9N/c1-2-5-11-10(4-1)7-8-13-12(11)6-3-9-14-13;1-2-4-8-7(3-1)5-6-9-8/h1-8H,9H2;1-4,9H,5-6H2. The van der Waals surface area contributed by atoms with E-state index < -0.39 is 0 Å². The highest BCUT2D eigenvalue weighted by atomic mass is 16.5. The van der Waals surface area contributed by atoms with E-state index in [0.717, 1.165) is 12.3 Å². The fourth-order valence-electron chi connectivity index (χ4n) is 3.12. The number of nitrogens with one attached hydrogen (secondary N) is 1. The van der Waals surface area contributed by atoms with Crippen molar-refractivity contribution in [3.8, 4) is 5.75 Å². The number of para-hydroxylation sites is 1. The molecule has 0 amide bonds. The molecule has 0 saturated heterocycles. The van der Waals surface area contributed by atoms with Gasteiger partial charge in [0, 0.05) is 17.8 Å². The van der Waals surface area contributed by atoms with Crippen LogP contribution in [0, 0.1) is 0 Å². The summed E-state index contributed by atoms with van der Waals surface area (Å²) in [7, 11) is 0. The second-order valence-electron chi connectivity index (χ2n) is 5.75. The lowest BCUT2D eigenvalue weighted by Gasteiger charge is -2.14. The number of anilines is 1. The summed E-state index contributed by atoms with van der Waals surface area (Å²) in [4.78, 5) is 0. The van der Waals surface area contributed by atoms with Gasteiger partial charge in [0.25, 0.3) is 0 Å². The SMILES string of the molecule is C1=Cc2c(ccc3ccccc23)OC1.c1ccc2c(c1)CCN2. The van der Waals surface area contributed by atoms with E-state index in [9.17, 15) is 0 Å². The van der Waals surface area contributed by atoms with E-state index in [1.165, 1.54) is 34.0 Å². The van der Waals surface area contributed by atoms with Crippen molar-refractivity contribution in [2.24, 2.45) is 0 Å². The molecular weight excluding hydrogens is 282 g/mol. The van der Waals surface area contributed by atoms with Gasteiger partial charge in [0.15, 0.2) is 0 Å². The predicted octanol–water partition coefficient (Wildman–Crippen LogP) is 4.90. The summed E-state index contributed by atoms with van der Waals surface area (Å²) in [5.41, 5.74) is 3.98. The monoisotopic (exact) mass is 301 g/mol. The van der Waals surface area contributed by atoms with Crippen LogP contribution in [-0.2, 0) is 6.42 Å². The van der Waals surface area contributed by atoms with Crippen LogP contribution in [0.4, 0.5) is 5.69 Å². The van der Waals surface area contributed by atoms with Gasteiger partial charge >= 0.3 is 0 Å². The van der Waals surface area contributed by atoms with Gasteiger partial charge in [0.05, 0.1) is 0 Å². The van der Waals surface area contributed by atoms with Crippen LogP contribution in [0.1, 0.15) is 11.1 Å². The fraction of sp³-hybridized carbons (Fsp3) is 0.143. The molecule has 1 N–H and O–H groups in total. The third-order valence-corrected chi connectivity index (χ3v) is 4.28. The summed E-state index contributed by atoms with van der Waals surface area (Å²) >= 11 is 0. The van der Waals surface area contributed by atoms with Crippen molar-refractivity contribution in [3.05, 3.63) is 77.9 Å². The number of benzene rings is 3. The normalized spacial score (nSPS) is 14.1. The van der Waals surface area contributed by atoms with E-state index in [2.05, 4.69) is 72.1 Å². The molecule has 114 valence electrons. The van der Waals surface area contributed by atoms with Gasteiger partial charge in [0.2, 0.25) is 0 Å². The highest BCUT2D eigenvalue weighted by molar-refractivity contribution is 5.93. The highest BCUT2D eigenvalue weighted by Gasteiger charge is 2.08. The third kappa shape index (κ3) is 2.80. The van der Waals surface area contributed by atoms with Gasteiger partial charge in [-0.2, -0.15) is 0 Å². The number of hydrogen-bond donors (Lipinski definition) is 1. The second kappa shape index (κ2) is 6.17. The molecule has 0 radical (unpaired) electrons. The molecule has 2 aliphatic heterocycles. The smallest absolute Gasteiger partial charge is 0.127 e.